The van der Waals surface area contributed by atoms with Crippen molar-refractivity contribution in [2.75, 3.05) is 0 Å². The first kappa shape index (κ1) is 30.2. The van der Waals surface area contributed by atoms with E-state index < -0.39 is 0 Å². The number of rotatable bonds is 3. The molecule has 0 saturated heterocycles. The topological polar surface area (TPSA) is 76.6 Å². The normalized spacial score (nSPS) is 8.80. The molecule has 8 nitrogen and oxygen atoms in total. The van der Waals surface area contributed by atoms with Gasteiger partial charge in [-0.3, -0.25) is 0 Å². The Kier molecular flexibility index (Phi) is 15.1. The van der Waals surface area contributed by atoms with Crippen molar-refractivity contribution in [3.05, 3.63) is 103 Å². The summed E-state index contributed by atoms with van der Waals surface area (Å²) in [5.74, 6) is 0.653. The summed E-state index contributed by atoms with van der Waals surface area (Å²) in [6.45, 7) is 28.0. The molecule has 0 amide bonds. The summed E-state index contributed by atoms with van der Waals surface area (Å²) in [7, 11) is 0. The monoisotopic (exact) mass is 650 g/mol. The first-order chi connectivity index (χ1) is 16.9. The van der Waals surface area contributed by atoms with Crippen LogP contribution in [0.5, 0.6) is 0 Å². The second-order valence-corrected chi connectivity index (χ2v) is 10.3. The first-order valence-corrected chi connectivity index (χ1v) is 13.9. The molecule has 0 radical (unpaired) electrons. The fraction of sp³-hybridized carbons (Fsp3) is 0.182. The Balaban J connectivity index is 0.000000234. The van der Waals surface area contributed by atoms with Gasteiger partial charge in [0.15, 0.2) is 0 Å². The Morgan fingerprint density at radius 3 is 1.80 bits per heavy atom. The highest BCUT2D eigenvalue weighted by Gasteiger charge is 1.99. The number of halogens is 2. The number of aliphatic hydroxyl groups is 1. The molecule has 0 aromatic carbocycles. The van der Waals surface area contributed by atoms with Crippen molar-refractivity contribution >= 4 is 87.0 Å². The molecule has 4 aromatic rings. The molecule has 4 rings (SSSR count). The molecule has 0 bridgehead atoms. The van der Waals surface area contributed by atoms with E-state index in [1.54, 1.807) is 18.5 Å². The second-order valence-electron chi connectivity index (χ2n) is 5.72. The van der Waals surface area contributed by atoms with E-state index in [-0.39, 0.29) is 12.5 Å². The zero-order chi connectivity index (χ0) is 26.1. The molecule has 0 spiro atoms. The minimum absolute atomic E-state index is 0.143. The van der Waals surface area contributed by atoms with Crippen molar-refractivity contribution in [3.8, 4) is 0 Å². The quantitative estimate of drug-likeness (QED) is 0.177. The molecule has 13 heteroatoms. The predicted molar refractivity (Wildman–Crippen MR) is 148 cm³/mol. The smallest absolute Gasteiger partial charge is 0.345 e. The van der Waals surface area contributed by atoms with Gasteiger partial charge in [-0.15, -0.1) is 32.6 Å². The maximum Gasteiger partial charge on any atom is 0.345 e. The van der Waals surface area contributed by atoms with Crippen LogP contribution in [0.4, 0.5) is 21.1 Å². The number of aromatic nitrogens is 2. The van der Waals surface area contributed by atoms with Crippen LogP contribution in [-0.4, -0.2) is 15.1 Å². The summed E-state index contributed by atoms with van der Waals surface area (Å²) in [6, 6.07) is 6.91. The number of hydrogen-bond donors (Lipinski definition) is 1. The van der Waals surface area contributed by atoms with Crippen LogP contribution in [0, 0.1) is 33.2 Å². The number of hydrogen-bond acceptors (Lipinski definition) is 7. The second kappa shape index (κ2) is 17.5. The van der Waals surface area contributed by atoms with E-state index in [0.717, 1.165) is 25.4 Å². The van der Waals surface area contributed by atoms with E-state index >= 15 is 0 Å². The molecule has 178 valence electrons. The Bertz CT molecular complexity index is 1220. The molecule has 0 atom stereocenters. The molecule has 0 saturated carbocycles. The van der Waals surface area contributed by atoms with Crippen LogP contribution >= 0.6 is 65.9 Å². The highest BCUT2D eigenvalue weighted by molar-refractivity contribution is 9.08. The van der Waals surface area contributed by atoms with Gasteiger partial charge in [-0.25, -0.2) is 4.85 Å². The molecular formula is C22H16Br2N6O2S3. The van der Waals surface area contributed by atoms with Crippen LogP contribution in [0.15, 0.2) is 41.1 Å². The van der Waals surface area contributed by atoms with Crippen LogP contribution in [-0.2, 0) is 17.3 Å². The van der Waals surface area contributed by atoms with Gasteiger partial charge in [0.05, 0.1) is 19.8 Å². The molecule has 0 aliphatic carbocycles. The third kappa shape index (κ3) is 11.9. The van der Waals surface area contributed by atoms with Gasteiger partial charge in [0.2, 0.25) is 5.00 Å². The lowest BCUT2D eigenvalue weighted by Gasteiger charge is -1.82. The Morgan fingerprint density at radius 1 is 0.829 bits per heavy atom. The van der Waals surface area contributed by atoms with Gasteiger partial charge < -0.3 is 19.2 Å². The Hall–Kier alpha value is -2.88. The SMILES string of the molecule is [C-]#[N+]c1ccc(CBr)s1.[C-]#[N+]c1ccc(CO)o1.[C-]#[N+]c1ncc(C)s1.[C-]#[N+]c1ncc(CBr)s1. The molecular weight excluding hydrogens is 636 g/mol. The number of thiazole rings is 2. The number of thiophene rings is 1. The summed E-state index contributed by atoms with van der Waals surface area (Å²) in [5.41, 5.74) is 0. The third-order valence-corrected chi connectivity index (χ3v) is 7.90. The van der Waals surface area contributed by atoms with Crippen molar-refractivity contribution in [2.45, 2.75) is 24.2 Å². The molecule has 35 heavy (non-hydrogen) atoms. The lowest BCUT2D eigenvalue weighted by Crippen LogP contribution is -1.72. The van der Waals surface area contributed by atoms with E-state index in [1.807, 2.05) is 19.1 Å². The summed E-state index contributed by atoms with van der Waals surface area (Å²) in [4.78, 5) is 23.7. The van der Waals surface area contributed by atoms with Gasteiger partial charge >= 0.3 is 16.1 Å². The molecule has 0 fully saturated rings. The van der Waals surface area contributed by atoms with Crippen molar-refractivity contribution < 1.29 is 9.52 Å². The molecule has 1 N–H and O–H groups in total. The van der Waals surface area contributed by atoms with Gasteiger partial charge in [-0.1, -0.05) is 51.1 Å². The van der Waals surface area contributed by atoms with E-state index in [4.69, 9.17) is 35.8 Å². The summed E-state index contributed by atoms with van der Waals surface area (Å²) in [6.07, 6.45) is 3.42. The van der Waals surface area contributed by atoms with E-state index in [9.17, 15) is 0 Å². The first-order valence-electron chi connectivity index (χ1n) is 9.20. The Morgan fingerprint density at radius 2 is 1.49 bits per heavy atom. The maximum absolute atomic E-state index is 8.45. The number of aryl methyl sites for hydroxylation is 1. The van der Waals surface area contributed by atoms with Gasteiger partial charge in [0, 0.05) is 25.3 Å². The van der Waals surface area contributed by atoms with Gasteiger partial charge in [0.1, 0.15) is 18.2 Å². The number of aliphatic hydroxyl groups excluding tert-OH is 1. The fourth-order valence-electron chi connectivity index (χ4n) is 1.82. The van der Waals surface area contributed by atoms with Crippen molar-refractivity contribution in [1.29, 1.82) is 0 Å². The highest BCUT2D eigenvalue weighted by Crippen LogP contribution is 2.26. The lowest BCUT2D eigenvalue weighted by molar-refractivity contribution is 0.249. The molecule has 4 heterocycles. The van der Waals surface area contributed by atoms with Gasteiger partial charge in [-0.05, 0) is 25.1 Å². The lowest BCUT2D eigenvalue weighted by atomic mass is 10.5. The van der Waals surface area contributed by atoms with Crippen molar-refractivity contribution in [2.24, 2.45) is 0 Å². The van der Waals surface area contributed by atoms with Crippen LogP contribution < -0.4 is 0 Å². The molecule has 0 aliphatic rings. The highest BCUT2D eigenvalue weighted by atomic mass is 79.9. The van der Waals surface area contributed by atoms with Crippen LogP contribution in [0.3, 0.4) is 0 Å². The zero-order valence-electron chi connectivity index (χ0n) is 18.1. The van der Waals surface area contributed by atoms with Crippen LogP contribution in [0.25, 0.3) is 19.4 Å². The molecule has 4 aromatic heterocycles. The predicted octanol–water partition coefficient (Wildman–Crippen LogP) is 9.11. The van der Waals surface area contributed by atoms with E-state index in [0.29, 0.717) is 16.0 Å². The Labute approximate surface area is 232 Å². The zero-order valence-corrected chi connectivity index (χ0v) is 23.7. The van der Waals surface area contributed by atoms with E-state index in [1.165, 1.54) is 45.0 Å². The fourth-order valence-corrected chi connectivity index (χ4v) is 4.56. The number of furan rings is 1. The summed E-state index contributed by atoms with van der Waals surface area (Å²) >= 11 is 11.0. The minimum Gasteiger partial charge on any atom is -0.482 e. The molecule has 0 unspecified atom stereocenters. The summed E-state index contributed by atoms with van der Waals surface area (Å²) in [5, 5.41) is 11.9. The summed E-state index contributed by atoms with van der Waals surface area (Å²) < 4.78 is 4.78. The average molecular weight is 652 g/mol. The number of alkyl halides is 2. The third-order valence-electron chi connectivity index (χ3n) is 3.28. The van der Waals surface area contributed by atoms with Crippen molar-refractivity contribution in [1.82, 2.24) is 9.97 Å². The molecule has 0 aliphatic heterocycles. The van der Waals surface area contributed by atoms with Crippen LogP contribution in [0.2, 0.25) is 0 Å². The van der Waals surface area contributed by atoms with Crippen molar-refractivity contribution in [3.63, 3.8) is 0 Å². The maximum atomic E-state index is 8.45. The minimum atomic E-state index is -0.143. The van der Waals surface area contributed by atoms with E-state index in [2.05, 4.69) is 61.2 Å². The van der Waals surface area contributed by atoms with Gasteiger partial charge in [-0.2, -0.15) is 16.2 Å². The standard InChI is InChI=1S/C6H4BrNS.C6H5NO2.C5H3BrN2S.C5H4N2S/c1-8-6-3-2-5(4-7)9-6;1-7-6-3-2-5(4-8)9-6;1-7-5-8-3-4(2-6)9-5;1-4-3-7-5(6-2)8-4/h2-3H,4H2;2-3,8H,4H2;3H,2H2;3H,1H3. The average Bonchev–Trinajstić information content (AvgIpc) is 3.71. The van der Waals surface area contributed by atoms with Crippen LogP contribution in [0.1, 0.15) is 20.4 Å². The van der Waals surface area contributed by atoms with Gasteiger partial charge in [0.25, 0.3) is 0 Å². The largest absolute Gasteiger partial charge is 0.482 e. The number of nitrogens with zero attached hydrogens (tertiary/aromatic N) is 6.